The van der Waals surface area contributed by atoms with Crippen molar-refractivity contribution >= 4 is 45.2 Å². The number of carbonyl (C=O) groups excluding carboxylic acids is 2. The molecule has 38 heavy (non-hydrogen) atoms. The Morgan fingerprint density at radius 3 is 2.18 bits per heavy atom. The standard InChI is InChI=1S/C29H32BrN3O4S/c1-21(2)17-31-29(35)27(16-22-6-4-3-5-7-22)32(18-23-8-12-25(30)13-9-23)28(34)20-38-19-24-10-14-26(15-11-24)33(36)37/h3-15,21,27H,16-20H2,1-2H3,(H,31,35)/t27-/m0/s1. The summed E-state index contributed by atoms with van der Waals surface area (Å²) in [6, 6.07) is 23.1. The highest BCUT2D eigenvalue weighted by Crippen LogP contribution is 2.21. The van der Waals surface area contributed by atoms with E-state index in [9.17, 15) is 19.7 Å². The summed E-state index contributed by atoms with van der Waals surface area (Å²) >= 11 is 4.88. The molecule has 3 aromatic rings. The third kappa shape index (κ3) is 9.29. The lowest BCUT2D eigenvalue weighted by Crippen LogP contribution is -2.51. The Bertz CT molecular complexity index is 1200. The minimum absolute atomic E-state index is 0.0339. The SMILES string of the molecule is CC(C)CNC(=O)[C@H](Cc1ccccc1)N(Cc1ccc(Br)cc1)C(=O)CSCc1ccc([N+](=O)[O-])cc1. The van der Waals surface area contributed by atoms with Crippen LogP contribution in [-0.4, -0.2) is 40.0 Å². The lowest BCUT2D eigenvalue weighted by atomic mass is 10.0. The summed E-state index contributed by atoms with van der Waals surface area (Å²) in [6.45, 7) is 4.90. The second-order valence-electron chi connectivity index (χ2n) is 9.41. The number of nitrogens with zero attached hydrogens (tertiary/aromatic N) is 2. The average molecular weight is 599 g/mol. The molecule has 0 saturated heterocycles. The summed E-state index contributed by atoms with van der Waals surface area (Å²) in [6.07, 6.45) is 0.403. The van der Waals surface area contributed by atoms with Gasteiger partial charge in [0.25, 0.3) is 5.69 Å². The van der Waals surface area contributed by atoms with E-state index in [0.717, 1.165) is 21.2 Å². The molecule has 3 aromatic carbocycles. The molecule has 200 valence electrons. The number of amides is 2. The average Bonchev–Trinajstić information content (AvgIpc) is 2.91. The Balaban J connectivity index is 1.81. The molecule has 1 atom stereocenters. The first-order chi connectivity index (χ1) is 18.2. The van der Waals surface area contributed by atoms with Crippen molar-refractivity contribution in [2.75, 3.05) is 12.3 Å². The maximum atomic E-state index is 13.6. The summed E-state index contributed by atoms with van der Waals surface area (Å²) in [7, 11) is 0. The van der Waals surface area contributed by atoms with Gasteiger partial charge in [-0.15, -0.1) is 11.8 Å². The number of thioether (sulfide) groups is 1. The fraction of sp³-hybridized carbons (Fsp3) is 0.310. The van der Waals surface area contributed by atoms with Gasteiger partial charge in [-0.2, -0.15) is 0 Å². The van der Waals surface area contributed by atoms with Gasteiger partial charge in [0.05, 0.1) is 10.7 Å². The van der Waals surface area contributed by atoms with Gasteiger partial charge < -0.3 is 10.2 Å². The molecule has 0 aliphatic heterocycles. The minimum atomic E-state index is -0.674. The van der Waals surface area contributed by atoms with Gasteiger partial charge in [0.15, 0.2) is 0 Å². The molecule has 0 bridgehead atoms. The third-order valence-electron chi connectivity index (χ3n) is 5.86. The van der Waals surface area contributed by atoms with Crippen molar-refractivity contribution in [1.82, 2.24) is 10.2 Å². The molecule has 3 rings (SSSR count). The molecule has 1 N–H and O–H groups in total. The van der Waals surface area contributed by atoms with Gasteiger partial charge in [-0.3, -0.25) is 19.7 Å². The van der Waals surface area contributed by atoms with Crippen molar-refractivity contribution in [2.24, 2.45) is 5.92 Å². The number of halogens is 1. The second kappa shape index (κ2) is 14.7. The molecule has 0 radical (unpaired) electrons. The van der Waals surface area contributed by atoms with E-state index in [1.807, 2.05) is 68.4 Å². The Morgan fingerprint density at radius 2 is 1.58 bits per heavy atom. The van der Waals surface area contributed by atoms with Crippen LogP contribution in [0.15, 0.2) is 83.3 Å². The lowest BCUT2D eigenvalue weighted by Gasteiger charge is -2.32. The Kier molecular flexibility index (Phi) is 11.4. The number of hydrogen-bond acceptors (Lipinski definition) is 5. The number of rotatable bonds is 13. The van der Waals surface area contributed by atoms with Gasteiger partial charge in [0.1, 0.15) is 6.04 Å². The molecule has 0 unspecified atom stereocenters. The van der Waals surface area contributed by atoms with Crippen LogP contribution in [0.4, 0.5) is 5.69 Å². The predicted molar refractivity (Wildman–Crippen MR) is 156 cm³/mol. The third-order valence-corrected chi connectivity index (χ3v) is 7.38. The first-order valence-corrected chi connectivity index (χ1v) is 14.3. The van der Waals surface area contributed by atoms with Crippen molar-refractivity contribution in [3.05, 3.63) is 110 Å². The molecular weight excluding hydrogens is 566 g/mol. The number of nitro benzene ring substituents is 1. The Labute approximate surface area is 236 Å². The van der Waals surface area contributed by atoms with Crippen LogP contribution in [0.2, 0.25) is 0 Å². The topological polar surface area (TPSA) is 92.6 Å². The fourth-order valence-corrected chi connectivity index (χ4v) is 4.95. The van der Waals surface area contributed by atoms with Crippen LogP contribution in [0.25, 0.3) is 0 Å². The van der Waals surface area contributed by atoms with Crippen LogP contribution in [0, 0.1) is 16.0 Å². The Hall–Kier alpha value is -3.17. The Morgan fingerprint density at radius 1 is 0.947 bits per heavy atom. The lowest BCUT2D eigenvalue weighted by molar-refractivity contribution is -0.384. The maximum Gasteiger partial charge on any atom is 0.269 e. The molecule has 0 spiro atoms. The molecule has 9 heteroatoms. The summed E-state index contributed by atoms with van der Waals surface area (Å²) in [5, 5.41) is 13.9. The molecule has 7 nitrogen and oxygen atoms in total. The van der Waals surface area contributed by atoms with Crippen LogP contribution in [0.1, 0.15) is 30.5 Å². The van der Waals surface area contributed by atoms with Crippen molar-refractivity contribution in [3.8, 4) is 0 Å². The highest BCUT2D eigenvalue weighted by Gasteiger charge is 2.30. The molecule has 0 aromatic heterocycles. The maximum absolute atomic E-state index is 13.6. The molecule has 0 fully saturated rings. The van der Waals surface area contributed by atoms with Crippen LogP contribution in [-0.2, 0) is 28.3 Å². The van der Waals surface area contributed by atoms with Gasteiger partial charge in [-0.1, -0.05) is 84.4 Å². The van der Waals surface area contributed by atoms with Gasteiger partial charge in [-0.05, 0) is 34.7 Å². The number of non-ortho nitro benzene ring substituents is 1. The summed E-state index contributed by atoms with van der Waals surface area (Å²) in [5.41, 5.74) is 2.83. The van der Waals surface area contributed by atoms with Gasteiger partial charge in [-0.25, -0.2) is 0 Å². The highest BCUT2D eigenvalue weighted by molar-refractivity contribution is 9.10. The van der Waals surface area contributed by atoms with E-state index < -0.39 is 11.0 Å². The normalized spacial score (nSPS) is 11.7. The van der Waals surface area contributed by atoms with Crippen LogP contribution in [0.5, 0.6) is 0 Å². The molecule has 0 saturated carbocycles. The second-order valence-corrected chi connectivity index (χ2v) is 11.3. The zero-order valence-electron chi connectivity index (χ0n) is 21.5. The van der Waals surface area contributed by atoms with Crippen LogP contribution in [0.3, 0.4) is 0 Å². The van der Waals surface area contributed by atoms with Crippen LogP contribution < -0.4 is 5.32 Å². The predicted octanol–water partition coefficient (Wildman–Crippen LogP) is 6.00. The minimum Gasteiger partial charge on any atom is -0.354 e. The number of carbonyl (C=O) groups is 2. The quantitative estimate of drug-likeness (QED) is 0.192. The van der Waals surface area contributed by atoms with E-state index in [4.69, 9.17) is 0 Å². The molecule has 2 amide bonds. The number of nitrogens with one attached hydrogen (secondary N) is 1. The highest BCUT2D eigenvalue weighted by atomic mass is 79.9. The van der Waals surface area contributed by atoms with Gasteiger partial charge in [0.2, 0.25) is 11.8 Å². The van der Waals surface area contributed by atoms with Crippen molar-refractivity contribution in [1.29, 1.82) is 0 Å². The van der Waals surface area contributed by atoms with Gasteiger partial charge >= 0.3 is 0 Å². The van der Waals surface area contributed by atoms with Crippen molar-refractivity contribution in [3.63, 3.8) is 0 Å². The van der Waals surface area contributed by atoms with E-state index in [2.05, 4.69) is 21.2 Å². The van der Waals surface area contributed by atoms with E-state index in [1.165, 1.54) is 23.9 Å². The first kappa shape index (κ1) is 29.4. The van der Waals surface area contributed by atoms with E-state index in [1.54, 1.807) is 17.0 Å². The van der Waals surface area contributed by atoms with Gasteiger partial charge in [0, 0.05) is 41.9 Å². The van der Waals surface area contributed by atoms with Crippen molar-refractivity contribution in [2.45, 2.75) is 38.6 Å². The van der Waals surface area contributed by atoms with E-state index >= 15 is 0 Å². The van der Waals surface area contributed by atoms with Crippen molar-refractivity contribution < 1.29 is 14.5 Å². The number of benzene rings is 3. The van der Waals surface area contributed by atoms with E-state index in [0.29, 0.717) is 25.3 Å². The first-order valence-electron chi connectivity index (χ1n) is 12.4. The van der Waals surface area contributed by atoms with Crippen LogP contribution >= 0.6 is 27.7 Å². The summed E-state index contributed by atoms with van der Waals surface area (Å²) in [5.74, 6) is 0.674. The van der Waals surface area contributed by atoms with E-state index in [-0.39, 0.29) is 29.2 Å². The monoisotopic (exact) mass is 597 g/mol. The fourth-order valence-electron chi connectivity index (χ4n) is 3.82. The number of nitro groups is 1. The molecule has 0 aliphatic carbocycles. The summed E-state index contributed by atoms with van der Waals surface area (Å²) in [4.78, 5) is 39.2. The smallest absolute Gasteiger partial charge is 0.269 e. The summed E-state index contributed by atoms with van der Waals surface area (Å²) < 4.78 is 0.938. The molecule has 0 heterocycles. The molecule has 0 aliphatic rings. The largest absolute Gasteiger partial charge is 0.354 e. The number of hydrogen-bond donors (Lipinski definition) is 1. The zero-order chi connectivity index (χ0) is 27.5. The zero-order valence-corrected chi connectivity index (χ0v) is 23.9. The molecular formula is C29H32BrN3O4S.